The first-order valence-corrected chi connectivity index (χ1v) is 8.41. The van der Waals surface area contributed by atoms with Crippen LogP contribution in [0.25, 0.3) is 0 Å². The summed E-state index contributed by atoms with van der Waals surface area (Å²) < 4.78 is 4.96. The monoisotopic (exact) mass is 347 g/mol. The maximum Gasteiger partial charge on any atom is 0.311 e. The first kappa shape index (κ1) is 17.2. The Morgan fingerprint density at radius 2 is 2.08 bits per heavy atom. The van der Waals surface area contributed by atoms with Crippen LogP contribution in [-0.2, 0) is 4.79 Å². The van der Waals surface area contributed by atoms with Crippen LogP contribution in [-0.4, -0.2) is 47.9 Å². The molecule has 1 atom stereocenters. The second kappa shape index (κ2) is 7.08. The van der Waals surface area contributed by atoms with Crippen molar-refractivity contribution >= 4 is 17.5 Å². The molecule has 2 amide bonds. The van der Waals surface area contributed by atoms with Gasteiger partial charge in [0.2, 0.25) is 5.91 Å². The molecule has 2 fully saturated rings. The van der Waals surface area contributed by atoms with Gasteiger partial charge in [-0.1, -0.05) is 0 Å². The van der Waals surface area contributed by atoms with Gasteiger partial charge >= 0.3 is 5.69 Å². The molecule has 134 valence electrons. The summed E-state index contributed by atoms with van der Waals surface area (Å²) in [5.41, 5.74) is -0.0101. The highest BCUT2D eigenvalue weighted by Gasteiger charge is 2.32. The minimum atomic E-state index is -0.572. The molecule has 0 spiro atoms. The number of nitrogens with zero attached hydrogens (tertiary/aromatic N) is 2. The van der Waals surface area contributed by atoms with E-state index in [9.17, 15) is 19.7 Å². The van der Waals surface area contributed by atoms with E-state index in [2.05, 4.69) is 5.32 Å². The predicted octanol–water partition coefficient (Wildman–Crippen LogP) is 1.73. The maximum atomic E-state index is 12.7. The van der Waals surface area contributed by atoms with Crippen molar-refractivity contribution in [2.45, 2.75) is 31.7 Å². The van der Waals surface area contributed by atoms with Gasteiger partial charge in [0.15, 0.2) is 5.75 Å². The van der Waals surface area contributed by atoms with Crippen LogP contribution < -0.4 is 10.1 Å². The lowest BCUT2D eigenvalue weighted by molar-refractivity contribution is -0.385. The average Bonchev–Trinajstić information content (AvgIpc) is 3.44. The number of rotatable bonds is 5. The molecule has 1 saturated heterocycles. The lowest BCUT2D eigenvalue weighted by atomic mass is 9.96. The van der Waals surface area contributed by atoms with Crippen molar-refractivity contribution in [3.63, 3.8) is 0 Å². The number of hydrogen-bond donors (Lipinski definition) is 1. The number of likely N-dealkylation sites (tertiary alicyclic amines) is 1. The lowest BCUT2D eigenvalue weighted by Crippen LogP contribution is -2.45. The summed E-state index contributed by atoms with van der Waals surface area (Å²) in [6.45, 7) is 0.892. The normalized spacial score (nSPS) is 20.0. The Morgan fingerprint density at radius 1 is 1.32 bits per heavy atom. The molecule has 2 aliphatic rings. The standard InChI is InChI=1S/C17H21N3O5/c1-25-15-7-4-11(9-14(15)20(23)24)17(22)19-8-2-3-12(10-19)16(21)18-13-5-6-13/h4,7,9,12-13H,2-3,5-6,8,10H2,1H3,(H,18,21)/t12-/m0/s1. The van der Waals surface area contributed by atoms with Crippen LogP contribution in [0.15, 0.2) is 18.2 Å². The zero-order chi connectivity index (χ0) is 18.0. The highest BCUT2D eigenvalue weighted by molar-refractivity contribution is 5.95. The molecule has 25 heavy (non-hydrogen) atoms. The van der Waals surface area contributed by atoms with E-state index in [4.69, 9.17) is 4.74 Å². The highest BCUT2D eigenvalue weighted by Crippen LogP contribution is 2.29. The van der Waals surface area contributed by atoms with Crippen molar-refractivity contribution in [2.24, 2.45) is 5.92 Å². The summed E-state index contributed by atoms with van der Waals surface area (Å²) in [4.78, 5) is 37.1. The SMILES string of the molecule is COc1ccc(C(=O)N2CCC[C@H](C(=O)NC3CC3)C2)cc1[N+](=O)[O-]. The number of amides is 2. The van der Waals surface area contributed by atoms with E-state index < -0.39 is 4.92 Å². The summed E-state index contributed by atoms with van der Waals surface area (Å²) in [5.74, 6) is -0.399. The molecule has 8 nitrogen and oxygen atoms in total. The molecule has 1 saturated carbocycles. The van der Waals surface area contributed by atoms with E-state index >= 15 is 0 Å². The van der Waals surface area contributed by atoms with Gasteiger partial charge in [-0.25, -0.2) is 0 Å². The van der Waals surface area contributed by atoms with Crippen LogP contribution >= 0.6 is 0 Å². The van der Waals surface area contributed by atoms with Crippen LogP contribution in [0.5, 0.6) is 5.75 Å². The van der Waals surface area contributed by atoms with Crippen molar-refractivity contribution in [2.75, 3.05) is 20.2 Å². The molecule has 0 radical (unpaired) electrons. The molecule has 0 bridgehead atoms. The molecule has 1 aliphatic heterocycles. The average molecular weight is 347 g/mol. The number of carbonyl (C=O) groups excluding carboxylic acids is 2. The van der Waals surface area contributed by atoms with Gasteiger partial charge in [-0.2, -0.15) is 0 Å². The number of piperidine rings is 1. The Bertz CT molecular complexity index is 702. The topological polar surface area (TPSA) is 102 Å². The second-order valence-corrected chi connectivity index (χ2v) is 6.52. The van der Waals surface area contributed by atoms with Gasteiger partial charge in [-0.05, 0) is 37.8 Å². The number of hydrogen-bond acceptors (Lipinski definition) is 5. The largest absolute Gasteiger partial charge is 0.490 e. The van der Waals surface area contributed by atoms with Gasteiger partial charge in [-0.15, -0.1) is 0 Å². The van der Waals surface area contributed by atoms with Crippen molar-refractivity contribution < 1.29 is 19.2 Å². The summed E-state index contributed by atoms with van der Waals surface area (Å²) in [6.07, 6.45) is 3.55. The molecule has 0 unspecified atom stereocenters. The molecule has 3 rings (SSSR count). The number of nitro groups is 1. The third-order valence-electron chi connectivity index (χ3n) is 4.63. The Morgan fingerprint density at radius 3 is 2.72 bits per heavy atom. The van der Waals surface area contributed by atoms with Gasteiger partial charge < -0.3 is 15.0 Å². The van der Waals surface area contributed by atoms with Crippen molar-refractivity contribution in [3.8, 4) is 5.75 Å². The molecule has 0 aromatic heterocycles. The second-order valence-electron chi connectivity index (χ2n) is 6.52. The van der Waals surface area contributed by atoms with Crippen molar-refractivity contribution in [1.29, 1.82) is 0 Å². The van der Waals surface area contributed by atoms with Crippen LogP contribution in [0, 0.1) is 16.0 Å². The van der Waals surface area contributed by atoms with E-state index in [1.807, 2.05) is 0 Å². The molecule has 1 aromatic carbocycles. The third-order valence-corrected chi connectivity index (χ3v) is 4.63. The first-order chi connectivity index (χ1) is 12.0. The number of carbonyl (C=O) groups is 2. The summed E-state index contributed by atoms with van der Waals surface area (Å²) in [7, 11) is 1.34. The molecular formula is C17H21N3O5. The fourth-order valence-corrected chi connectivity index (χ4v) is 3.07. The number of methoxy groups -OCH3 is 1. The quantitative estimate of drug-likeness (QED) is 0.646. The smallest absolute Gasteiger partial charge is 0.311 e. The van der Waals surface area contributed by atoms with E-state index in [-0.39, 0.29) is 34.7 Å². The Kier molecular flexibility index (Phi) is 4.87. The highest BCUT2D eigenvalue weighted by atomic mass is 16.6. The van der Waals surface area contributed by atoms with Gasteiger partial charge in [0.1, 0.15) is 0 Å². The summed E-state index contributed by atoms with van der Waals surface area (Å²) in [6, 6.07) is 4.46. The molecule has 1 heterocycles. The fourth-order valence-electron chi connectivity index (χ4n) is 3.07. The van der Waals surface area contributed by atoms with Gasteiger partial charge in [0.25, 0.3) is 5.91 Å². The van der Waals surface area contributed by atoms with Crippen LogP contribution in [0.1, 0.15) is 36.0 Å². The van der Waals surface area contributed by atoms with Crippen LogP contribution in [0.3, 0.4) is 0 Å². The summed E-state index contributed by atoms with van der Waals surface area (Å²) in [5, 5.41) is 14.1. The molecule has 1 N–H and O–H groups in total. The first-order valence-electron chi connectivity index (χ1n) is 8.41. The molecule has 8 heteroatoms. The maximum absolute atomic E-state index is 12.7. The Balaban J connectivity index is 1.72. The van der Waals surface area contributed by atoms with E-state index in [1.165, 1.54) is 25.3 Å². The van der Waals surface area contributed by atoms with Gasteiger partial charge in [0, 0.05) is 30.8 Å². The van der Waals surface area contributed by atoms with Crippen LogP contribution in [0.2, 0.25) is 0 Å². The van der Waals surface area contributed by atoms with Crippen molar-refractivity contribution in [3.05, 3.63) is 33.9 Å². The van der Waals surface area contributed by atoms with Crippen LogP contribution in [0.4, 0.5) is 5.69 Å². The Labute approximate surface area is 145 Å². The minimum absolute atomic E-state index is 0.000659. The number of nitrogens with one attached hydrogen (secondary N) is 1. The molecule has 1 aromatic rings. The predicted molar refractivity (Wildman–Crippen MR) is 89.4 cm³/mol. The Hall–Kier alpha value is -2.64. The fraction of sp³-hybridized carbons (Fsp3) is 0.529. The summed E-state index contributed by atoms with van der Waals surface area (Å²) >= 11 is 0. The molecular weight excluding hydrogens is 326 g/mol. The number of ether oxygens (including phenoxy) is 1. The van der Waals surface area contributed by atoms with E-state index in [0.717, 1.165) is 25.7 Å². The number of nitro benzene ring substituents is 1. The zero-order valence-corrected chi connectivity index (χ0v) is 14.1. The third kappa shape index (κ3) is 3.89. The van der Waals surface area contributed by atoms with E-state index in [0.29, 0.717) is 19.1 Å². The lowest BCUT2D eigenvalue weighted by Gasteiger charge is -2.32. The zero-order valence-electron chi connectivity index (χ0n) is 14.1. The van der Waals surface area contributed by atoms with Gasteiger partial charge in [-0.3, -0.25) is 19.7 Å². The van der Waals surface area contributed by atoms with Crippen molar-refractivity contribution in [1.82, 2.24) is 10.2 Å². The minimum Gasteiger partial charge on any atom is -0.490 e. The molecule has 1 aliphatic carbocycles. The van der Waals surface area contributed by atoms with E-state index in [1.54, 1.807) is 4.90 Å². The number of benzene rings is 1. The van der Waals surface area contributed by atoms with Gasteiger partial charge in [0.05, 0.1) is 18.0 Å².